The maximum atomic E-state index is 12.1. The number of ether oxygens (including phenoxy) is 1. The predicted molar refractivity (Wildman–Crippen MR) is 96.4 cm³/mol. The second kappa shape index (κ2) is 8.13. The number of nitro groups is 1. The zero-order valence-electron chi connectivity index (χ0n) is 15.6. The van der Waals surface area contributed by atoms with Gasteiger partial charge in [0.25, 0.3) is 5.69 Å². The fraction of sp³-hybridized carbons (Fsp3) is 0.529. The second-order valence-electron chi connectivity index (χ2n) is 7.15. The number of non-ortho nitro benzene ring substituents is 1. The number of nitrogens with two attached hydrogens (primary N) is 1. The lowest BCUT2D eigenvalue weighted by atomic mass is 10.1. The highest BCUT2D eigenvalue weighted by Crippen LogP contribution is 2.28. The lowest BCUT2D eigenvalue weighted by molar-refractivity contribution is -0.384. The minimum Gasteiger partial charge on any atom is -0.478 e. The first-order valence-corrected chi connectivity index (χ1v) is 8.10. The third kappa shape index (κ3) is 5.69. The van der Waals surface area contributed by atoms with Gasteiger partial charge in [-0.05, 0) is 40.7 Å². The number of carboxylic acids is 1. The third-order valence-electron chi connectivity index (χ3n) is 3.46. The van der Waals surface area contributed by atoms with Crippen LogP contribution in [0.3, 0.4) is 0 Å². The third-order valence-corrected chi connectivity index (χ3v) is 3.46. The molecule has 0 bridgehead atoms. The van der Waals surface area contributed by atoms with Crippen molar-refractivity contribution >= 4 is 23.3 Å². The molecule has 0 radical (unpaired) electrons. The molecular weight excluding hydrogens is 342 g/mol. The zero-order valence-corrected chi connectivity index (χ0v) is 15.6. The average Bonchev–Trinajstić information content (AvgIpc) is 2.49. The number of carbonyl (C=O) groups is 2. The van der Waals surface area contributed by atoms with E-state index in [-0.39, 0.29) is 29.5 Å². The Labute approximate surface area is 151 Å². The van der Waals surface area contributed by atoms with E-state index in [1.807, 2.05) is 0 Å². The first-order valence-electron chi connectivity index (χ1n) is 8.10. The predicted octanol–water partition coefficient (Wildman–Crippen LogP) is 2.18. The number of esters is 1. The molecule has 1 rings (SSSR count). The molecule has 144 valence electrons. The van der Waals surface area contributed by atoms with Crippen molar-refractivity contribution in [2.75, 3.05) is 11.4 Å². The normalized spacial score (nSPS) is 12.6. The Morgan fingerprint density at radius 1 is 1.35 bits per heavy atom. The molecule has 0 aromatic heterocycles. The molecule has 1 atom stereocenters. The van der Waals surface area contributed by atoms with Crippen LogP contribution in [0.15, 0.2) is 18.2 Å². The molecule has 0 fully saturated rings. The summed E-state index contributed by atoms with van der Waals surface area (Å²) in [6.45, 7) is 8.62. The summed E-state index contributed by atoms with van der Waals surface area (Å²) in [7, 11) is 0. The molecule has 0 amide bonds. The van der Waals surface area contributed by atoms with E-state index in [2.05, 4.69) is 0 Å². The van der Waals surface area contributed by atoms with Gasteiger partial charge in [0.2, 0.25) is 0 Å². The largest absolute Gasteiger partial charge is 0.478 e. The molecule has 0 saturated heterocycles. The number of carbonyl (C=O) groups excluding carboxylic acids is 1. The number of benzene rings is 1. The SMILES string of the molecule is CC(C)N(CC(N)C(=O)OC(C)(C)C)c1cc([N+](=O)[O-])ccc1C(=O)O. The summed E-state index contributed by atoms with van der Waals surface area (Å²) in [5.74, 6) is -1.86. The van der Waals surface area contributed by atoms with Crippen LogP contribution in [0.5, 0.6) is 0 Å². The summed E-state index contributed by atoms with van der Waals surface area (Å²) in [4.78, 5) is 35.7. The Bertz CT molecular complexity index is 696. The van der Waals surface area contributed by atoms with Gasteiger partial charge in [-0.2, -0.15) is 0 Å². The summed E-state index contributed by atoms with van der Waals surface area (Å²) in [5.41, 5.74) is 4.98. The molecule has 1 aromatic carbocycles. The monoisotopic (exact) mass is 367 g/mol. The highest BCUT2D eigenvalue weighted by atomic mass is 16.6. The zero-order chi connectivity index (χ0) is 20.2. The maximum absolute atomic E-state index is 12.1. The van der Waals surface area contributed by atoms with Gasteiger partial charge in [-0.25, -0.2) is 4.79 Å². The van der Waals surface area contributed by atoms with Crippen molar-refractivity contribution in [1.82, 2.24) is 0 Å². The van der Waals surface area contributed by atoms with Crippen molar-refractivity contribution in [2.24, 2.45) is 5.73 Å². The summed E-state index contributed by atoms with van der Waals surface area (Å²) in [6, 6.07) is 2.16. The van der Waals surface area contributed by atoms with Gasteiger partial charge in [0.1, 0.15) is 11.6 Å². The molecule has 0 saturated carbocycles. The molecule has 0 heterocycles. The van der Waals surface area contributed by atoms with Gasteiger partial charge in [-0.1, -0.05) is 0 Å². The number of aromatic carboxylic acids is 1. The van der Waals surface area contributed by atoms with Gasteiger partial charge in [-0.15, -0.1) is 0 Å². The van der Waals surface area contributed by atoms with Crippen molar-refractivity contribution in [3.63, 3.8) is 0 Å². The maximum Gasteiger partial charge on any atom is 0.337 e. The molecule has 1 aromatic rings. The van der Waals surface area contributed by atoms with Crippen molar-refractivity contribution in [3.8, 4) is 0 Å². The van der Waals surface area contributed by atoms with E-state index < -0.39 is 28.5 Å². The Kier molecular flexibility index (Phi) is 6.68. The topological polar surface area (TPSA) is 136 Å². The number of anilines is 1. The Hall–Kier alpha value is -2.68. The summed E-state index contributed by atoms with van der Waals surface area (Å²) in [6.07, 6.45) is 0. The van der Waals surface area contributed by atoms with Crippen molar-refractivity contribution in [3.05, 3.63) is 33.9 Å². The first-order chi connectivity index (χ1) is 11.8. The molecular formula is C17H25N3O6. The van der Waals surface area contributed by atoms with Gasteiger partial charge in [-0.3, -0.25) is 14.9 Å². The van der Waals surface area contributed by atoms with Crippen LogP contribution in [0.4, 0.5) is 11.4 Å². The van der Waals surface area contributed by atoms with E-state index in [1.165, 1.54) is 12.1 Å². The average molecular weight is 367 g/mol. The van der Waals surface area contributed by atoms with E-state index >= 15 is 0 Å². The molecule has 9 nitrogen and oxygen atoms in total. The number of nitrogens with zero attached hydrogens (tertiary/aromatic N) is 2. The number of rotatable bonds is 7. The molecule has 9 heteroatoms. The Morgan fingerprint density at radius 3 is 2.35 bits per heavy atom. The van der Waals surface area contributed by atoms with E-state index in [9.17, 15) is 24.8 Å². The number of hydrogen-bond donors (Lipinski definition) is 2. The van der Waals surface area contributed by atoms with Gasteiger partial charge in [0.15, 0.2) is 0 Å². The summed E-state index contributed by atoms with van der Waals surface area (Å²) >= 11 is 0. The van der Waals surface area contributed by atoms with Crippen LogP contribution < -0.4 is 10.6 Å². The molecule has 0 aliphatic carbocycles. The van der Waals surface area contributed by atoms with Crippen molar-refractivity contribution in [2.45, 2.75) is 52.3 Å². The van der Waals surface area contributed by atoms with E-state index in [4.69, 9.17) is 10.5 Å². The van der Waals surface area contributed by atoms with Crippen LogP contribution in [0, 0.1) is 10.1 Å². The van der Waals surface area contributed by atoms with Crippen molar-refractivity contribution in [1.29, 1.82) is 0 Å². The van der Waals surface area contributed by atoms with Crippen LogP contribution in [0.2, 0.25) is 0 Å². The van der Waals surface area contributed by atoms with Crippen LogP contribution >= 0.6 is 0 Å². The molecule has 0 spiro atoms. The van der Waals surface area contributed by atoms with Gasteiger partial charge in [0.05, 0.1) is 16.2 Å². The highest BCUT2D eigenvalue weighted by Gasteiger charge is 2.28. The number of carboxylic acid groups (broad SMARTS) is 1. The highest BCUT2D eigenvalue weighted by molar-refractivity contribution is 5.95. The van der Waals surface area contributed by atoms with Gasteiger partial charge in [0, 0.05) is 24.7 Å². The standard InChI is InChI=1S/C17H25N3O6/c1-10(2)19(9-13(18)16(23)26-17(3,4)5)14-8-11(20(24)25)6-7-12(14)15(21)22/h6-8,10,13H,9,18H2,1-5H3,(H,21,22). The quantitative estimate of drug-likeness (QED) is 0.425. The molecule has 26 heavy (non-hydrogen) atoms. The van der Waals surface area contributed by atoms with Crippen molar-refractivity contribution < 1.29 is 24.4 Å². The van der Waals surface area contributed by atoms with Crippen LogP contribution in [0.25, 0.3) is 0 Å². The summed E-state index contributed by atoms with van der Waals surface area (Å²) in [5, 5.41) is 20.5. The number of nitro benzene ring substituents is 1. The van der Waals surface area contributed by atoms with Crippen LogP contribution in [0.1, 0.15) is 45.0 Å². The fourth-order valence-electron chi connectivity index (χ4n) is 2.30. The Balaban J connectivity index is 3.24. The minimum atomic E-state index is -1.23. The lowest BCUT2D eigenvalue weighted by Gasteiger charge is -2.32. The molecule has 0 aliphatic rings. The second-order valence-corrected chi connectivity index (χ2v) is 7.15. The van der Waals surface area contributed by atoms with Crippen LogP contribution in [-0.2, 0) is 9.53 Å². The van der Waals surface area contributed by atoms with E-state index in [0.717, 1.165) is 6.07 Å². The fourth-order valence-corrected chi connectivity index (χ4v) is 2.30. The molecule has 3 N–H and O–H groups in total. The Morgan fingerprint density at radius 2 is 1.92 bits per heavy atom. The van der Waals surface area contributed by atoms with E-state index in [1.54, 1.807) is 39.5 Å². The first kappa shape index (κ1) is 21.4. The number of hydrogen-bond acceptors (Lipinski definition) is 7. The van der Waals surface area contributed by atoms with Gasteiger partial charge < -0.3 is 20.5 Å². The van der Waals surface area contributed by atoms with Gasteiger partial charge >= 0.3 is 11.9 Å². The smallest absolute Gasteiger partial charge is 0.337 e. The van der Waals surface area contributed by atoms with Crippen LogP contribution in [-0.4, -0.2) is 46.2 Å². The molecule has 1 unspecified atom stereocenters. The lowest BCUT2D eigenvalue weighted by Crippen LogP contribution is -2.48. The minimum absolute atomic E-state index is 0.0476. The summed E-state index contributed by atoms with van der Waals surface area (Å²) < 4.78 is 5.24. The molecule has 0 aliphatic heterocycles. The van der Waals surface area contributed by atoms with E-state index in [0.29, 0.717) is 0 Å².